The molecule has 2 heterocycles. The van der Waals surface area contributed by atoms with E-state index in [1.54, 1.807) is 125 Å². The molecule has 0 saturated carbocycles. The number of ether oxygens (including phenoxy) is 9. The normalized spacial score (nSPS) is 26.1. The number of rotatable bonds is 10. The third-order valence-corrected chi connectivity index (χ3v) is 9.49. The van der Waals surface area contributed by atoms with Crippen LogP contribution in [0.5, 0.6) is 0 Å². The first-order valence-electron chi connectivity index (χ1n) is 20.6. The van der Waals surface area contributed by atoms with Gasteiger partial charge in [0.2, 0.25) is 12.6 Å². The molecule has 0 unspecified atom stereocenters. The van der Waals surface area contributed by atoms with Gasteiger partial charge in [0.1, 0.15) is 25.4 Å². The van der Waals surface area contributed by atoms with E-state index in [1.165, 1.54) is 6.08 Å². The van der Waals surface area contributed by atoms with E-state index < -0.39 is 130 Å². The van der Waals surface area contributed by atoms with Crippen LogP contribution in [0.1, 0.15) is 125 Å². The predicted molar refractivity (Wildman–Crippen MR) is 217 cm³/mol. The van der Waals surface area contributed by atoms with Crippen molar-refractivity contribution >= 4 is 41.8 Å². The van der Waals surface area contributed by atoms with Gasteiger partial charge in [-0.3, -0.25) is 28.8 Å². The monoisotopic (exact) mass is 864 g/mol. The number of esters is 7. The molecule has 61 heavy (non-hydrogen) atoms. The minimum absolute atomic E-state index is 0.239. The number of cyclic esters (lactones) is 1. The van der Waals surface area contributed by atoms with Crippen molar-refractivity contribution in [2.24, 2.45) is 38.4 Å². The van der Waals surface area contributed by atoms with Crippen molar-refractivity contribution in [2.45, 2.75) is 168 Å². The molecule has 0 aromatic carbocycles. The van der Waals surface area contributed by atoms with E-state index in [-0.39, 0.29) is 12.2 Å². The van der Waals surface area contributed by atoms with Crippen LogP contribution in [-0.2, 0) is 76.2 Å². The average molecular weight is 865 g/mol. The number of hydrogen-bond acceptors (Lipinski definition) is 16. The average Bonchev–Trinajstić information content (AvgIpc) is 3.42. The van der Waals surface area contributed by atoms with Crippen molar-refractivity contribution in [2.75, 3.05) is 13.2 Å². The molecule has 0 aromatic heterocycles. The van der Waals surface area contributed by atoms with Crippen molar-refractivity contribution < 1.29 is 76.2 Å². The summed E-state index contributed by atoms with van der Waals surface area (Å²) in [5.74, 6) is -6.04. The molecule has 344 valence electrons. The van der Waals surface area contributed by atoms with E-state index in [4.69, 9.17) is 42.6 Å². The maximum atomic E-state index is 13.8. The molecule has 0 spiro atoms. The quantitative estimate of drug-likeness (QED) is 0.138. The zero-order valence-corrected chi connectivity index (χ0v) is 39.2. The topological polar surface area (TPSA) is 203 Å². The van der Waals surface area contributed by atoms with Crippen LogP contribution in [0.2, 0.25) is 0 Å². The molecule has 1 fully saturated rings. The lowest BCUT2D eigenvalue weighted by atomic mass is 9.91. The van der Waals surface area contributed by atoms with Crippen molar-refractivity contribution in [3.8, 4) is 0 Å². The van der Waals surface area contributed by atoms with E-state index in [1.807, 2.05) is 0 Å². The molecule has 1 saturated heterocycles. The summed E-state index contributed by atoms with van der Waals surface area (Å²) in [4.78, 5) is 93.8. The molecule has 16 nitrogen and oxygen atoms in total. The van der Waals surface area contributed by atoms with Gasteiger partial charge in [0.15, 0.2) is 18.3 Å². The molecule has 8 atom stereocenters. The smallest absolute Gasteiger partial charge is 0.333 e. The maximum absolute atomic E-state index is 13.8. The lowest BCUT2D eigenvalue weighted by molar-refractivity contribution is -0.342. The van der Waals surface area contributed by atoms with Crippen molar-refractivity contribution in [3.05, 3.63) is 23.3 Å². The van der Waals surface area contributed by atoms with Crippen LogP contribution in [0.15, 0.2) is 23.3 Å². The Morgan fingerprint density at radius 2 is 0.934 bits per heavy atom. The van der Waals surface area contributed by atoms with Crippen LogP contribution in [0, 0.1) is 38.4 Å². The van der Waals surface area contributed by atoms with Crippen molar-refractivity contribution in [1.82, 2.24) is 0 Å². The lowest BCUT2D eigenvalue weighted by Crippen LogP contribution is -2.65. The van der Waals surface area contributed by atoms with Gasteiger partial charge in [-0.25, -0.2) is 4.79 Å². The summed E-state index contributed by atoms with van der Waals surface area (Å²) in [5.41, 5.74) is -5.58. The number of carbonyl (C=O) groups excluding carboxylic acids is 7. The van der Waals surface area contributed by atoms with Gasteiger partial charge in [0.25, 0.3) is 0 Å². The number of hydrogen-bond donors (Lipinski definition) is 0. The Morgan fingerprint density at radius 3 is 1.39 bits per heavy atom. The first kappa shape index (κ1) is 51.0. The molecule has 16 heteroatoms. The standard InChI is InChI=1S/C45H68O16/c1-40(2,3)34(47)53-21-23-19-25(56-36(49)42(7,8)9)24-20-27(46)57-32(28(23)24)61-33-31(60-39(52)45(16,17)18)30(59-38(51)44(13,14)15)29(58-37(50)43(10,11)12)26(55-33)22-54-35(48)41(4,5)6/h19-20,25-26,28-33H,21-22H2,1-18H3/t25-,26-,28-,29-,30+,31-,32+,33+/m1/s1. The van der Waals surface area contributed by atoms with Gasteiger partial charge in [0, 0.05) is 6.08 Å². The highest BCUT2D eigenvalue weighted by Gasteiger charge is 2.57. The van der Waals surface area contributed by atoms with E-state index in [0.29, 0.717) is 5.57 Å². The second-order valence-corrected chi connectivity index (χ2v) is 22.0. The fraction of sp³-hybridized carbons (Fsp3) is 0.756. The summed E-state index contributed by atoms with van der Waals surface area (Å²) in [6.07, 6.45) is -8.15. The minimum atomic E-state index is -1.78. The summed E-state index contributed by atoms with van der Waals surface area (Å²) in [6.45, 7) is 28.4. The second kappa shape index (κ2) is 18.2. The van der Waals surface area contributed by atoms with E-state index >= 15 is 0 Å². The molecule has 0 amide bonds. The maximum Gasteiger partial charge on any atom is 0.333 e. The first-order valence-corrected chi connectivity index (χ1v) is 20.6. The van der Waals surface area contributed by atoms with E-state index in [2.05, 4.69) is 0 Å². The molecule has 1 aliphatic carbocycles. The van der Waals surface area contributed by atoms with Gasteiger partial charge in [-0.15, -0.1) is 0 Å². The van der Waals surface area contributed by atoms with E-state index in [9.17, 15) is 33.6 Å². The van der Waals surface area contributed by atoms with Gasteiger partial charge >= 0.3 is 41.8 Å². The zero-order chi connectivity index (χ0) is 47.0. The van der Waals surface area contributed by atoms with Crippen molar-refractivity contribution in [1.29, 1.82) is 0 Å². The SMILES string of the molecule is CC(C)(C)C(=O)OCC1=C[C@@H](OC(=O)C(C)(C)C)C2=CC(=O)O[C@@H](O[C@@H]3O[C@H](COC(=O)C(C)(C)C)[C@@H](OC(=O)C(C)(C)C)[C@H](OC(=O)C(C)(C)C)[C@H]3OC(=O)C(C)(C)C)[C@H]12. The van der Waals surface area contributed by atoms with Crippen LogP contribution in [0.3, 0.4) is 0 Å². The second-order valence-electron chi connectivity index (χ2n) is 22.0. The molecule has 0 radical (unpaired) electrons. The Labute approximate surface area is 360 Å². The molecular formula is C45H68O16. The Morgan fingerprint density at radius 1 is 0.525 bits per heavy atom. The minimum Gasteiger partial charge on any atom is -0.462 e. The van der Waals surface area contributed by atoms with Gasteiger partial charge in [-0.2, -0.15) is 0 Å². The Kier molecular flexibility index (Phi) is 15.2. The van der Waals surface area contributed by atoms with E-state index in [0.717, 1.165) is 6.08 Å². The van der Waals surface area contributed by atoms with Crippen LogP contribution < -0.4 is 0 Å². The fourth-order valence-electron chi connectivity index (χ4n) is 5.58. The fourth-order valence-corrected chi connectivity index (χ4v) is 5.58. The molecule has 0 bridgehead atoms. The lowest BCUT2D eigenvalue weighted by Gasteiger charge is -2.47. The summed E-state index contributed by atoms with van der Waals surface area (Å²) in [7, 11) is 0. The molecule has 3 aliphatic rings. The summed E-state index contributed by atoms with van der Waals surface area (Å²) >= 11 is 0. The molecular weight excluding hydrogens is 796 g/mol. The van der Waals surface area contributed by atoms with Crippen LogP contribution in [-0.4, -0.2) is 98.1 Å². The third kappa shape index (κ3) is 13.3. The predicted octanol–water partition coefficient (Wildman–Crippen LogP) is 6.10. The highest BCUT2D eigenvalue weighted by molar-refractivity contribution is 5.86. The highest BCUT2D eigenvalue weighted by atomic mass is 16.8. The summed E-state index contributed by atoms with van der Waals surface area (Å²) in [5, 5.41) is 0. The van der Waals surface area contributed by atoms with Gasteiger partial charge in [-0.1, -0.05) is 0 Å². The van der Waals surface area contributed by atoms with Gasteiger partial charge in [0.05, 0.1) is 38.4 Å². The third-order valence-electron chi connectivity index (χ3n) is 9.49. The van der Waals surface area contributed by atoms with Crippen LogP contribution in [0.25, 0.3) is 0 Å². The number of fused-ring (bicyclic) bond motifs is 1. The Bertz CT molecular complexity index is 1760. The Balaban J connectivity index is 2.26. The largest absolute Gasteiger partial charge is 0.462 e. The zero-order valence-electron chi connectivity index (χ0n) is 39.2. The van der Waals surface area contributed by atoms with Crippen LogP contribution in [0.4, 0.5) is 0 Å². The first-order chi connectivity index (χ1) is 27.4. The Hall–Kier alpha value is -4.31. The van der Waals surface area contributed by atoms with Crippen molar-refractivity contribution in [3.63, 3.8) is 0 Å². The molecule has 0 N–H and O–H groups in total. The molecule has 0 aromatic rings. The summed E-state index contributed by atoms with van der Waals surface area (Å²) < 4.78 is 54.2. The van der Waals surface area contributed by atoms with Gasteiger partial charge < -0.3 is 42.6 Å². The van der Waals surface area contributed by atoms with Crippen LogP contribution >= 0.6 is 0 Å². The summed E-state index contributed by atoms with van der Waals surface area (Å²) in [6, 6.07) is 0. The number of carbonyl (C=O) groups is 7. The molecule has 2 aliphatic heterocycles. The molecule has 3 rings (SSSR count). The highest BCUT2D eigenvalue weighted by Crippen LogP contribution is 2.43. The van der Waals surface area contributed by atoms with Gasteiger partial charge in [-0.05, 0) is 142 Å².